The van der Waals surface area contributed by atoms with Crippen molar-refractivity contribution in [2.45, 2.75) is 6.54 Å². The molecule has 0 fully saturated rings. The lowest BCUT2D eigenvalue weighted by Gasteiger charge is -2.02. The van der Waals surface area contributed by atoms with Gasteiger partial charge in [0.05, 0.1) is 32.2 Å². The van der Waals surface area contributed by atoms with Crippen LogP contribution in [0.5, 0.6) is 0 Å². The van der Waals surface area contributed by atoms with Crippen molar-refractivity contribution in [3.63, 3.8) is 0 Å². The van der Waals surface area contributed by atoms with Crippen LogP contribution in [0.25, 0.3) is 0 Å². The van der Waals surface area contributed by atoms with E-state index in [4.69, 9.17) is 4.52 Å². The quantitative estimate of drug-likeness (QED) is 0.784. The van der Waals surface area contributed by atoms with Crippen LogP contribution in [0.2, 0.25) is 0 Å². The summed E-state index contributed by atoms with van der Waals surface area (Å²) in [7, 11) is 1.29. The molecule has 0 spiro atoms. The van der Waals surface area contributed by atoms with E-state index in [0.717, 1.165) is 0 Å². The number of carbonyl (C=O) groups excluding carboxylic acids is 1. The van der Waals surface area contributed by atoms with Gasteiger partial charge in [0, 0.05) is 6.07 Å². The van der Waals surface area contributed by atoms with Gasteiger partial charge in [0.25, 0.3) is 0 Å². The zero-order valence-corrected chi connectivity index (χ0v) is 9.08. The van der Waals surface area contributed by atoms with E-state index >= 15 is 0 Å². The summed E-state index contributed by atoms with van der Waals surface area (Å²) in [5, 5.41) is 6.54. The zero-order chi connectivity index (χ0) is 12.1. The highest BCUT2D eigenvalue weighted by Crippen LogP contribution is 2.05. The molecule has 2 aromatic heterocycles. The van der Waals surface area contributed by atoms with Crippen LogP contribution in [0.1, 0.15) is 16.2 Å². The average molecular weight is 234 g/mol. The molecule has 7 nitrogen and oxygen atoms in total. The molecule has 2 rings (SSSR count). The molecule has 0 bridgehead atoms. The fourth-order valence-electron chi connectivity index (χ4n) is 1.14. The highest BCUT2D eigenvalue weighted by molar-refractivity contribution is 5.86. The largest absolute Gasteiger partial charge is 0.464 e. The minimum atomic E-state index is -0.515. The maximum atomic E-state index is 11.1. The van der Waals surface area contributed by atoms with Gasteiger partial charge < -0.3 is 14.6 Å². The topological polar surface area (TPSA) is 90.1 Å². The van der Waals surface area contributed by atoms with Crippen LogP contribution in [0.15, 0.2) is 29.2 Å². The molecule has 2 heterocycles. The molecular weight excluding hydrogens is 224 g/mol. The first-order valence-electron chi connectivity index (χ1n) is 4.83. The molecule has 0 atom stereocenters. The number of nitrogens with one attached hydrogen (secondary N) is 1. The summed E-state index contributed by atoms with van der Waals surface area (Å²) in [6.45, 7) is 0.451. The summed E-state index contributed by atoms with van der Waals surface area (Å²) in [6, 6.07) is 1.74. The molecular formula is C10H10N4O3. The molecule has 1 N–H and O–H groups in total. The Balaban J connectivity index is 1.96. The van der Waals surface area contributed by atoms with E-state index in [-0.39, 0.29) is 5.69 Å². The number of aromatic nitrogens is 3. The van der Waals surface area contributed by atoms with Gasteiger partial charge in [-0.15, -0.1) is 0 Å². The molecule has 0 aliphatic rings. The molecule has 2 aromatic rings. The number of carbonyl (C=O) groups is 1. The standard InChI is InChI=1S/C10H10N4O3/c1-16-10(15)8-5-13-9(6-11-8)12-4-7-2-3-14-17-7/h2-3,5-6H,4H2,1H3,(H,12,13). The van der Waals surface area contributed by atoms with Crippen LogP contribution in [0.4, 0.5) is 5.82 Å². The number of ether oxygens (including phenoxy) is 1. The van der Waals surface area contributed by atoms with Crippen molar-refractivity contribution >= 4 is 11.8 Å². The van der Waals surface area contributed by atoms with Gasteiger partial charge in [-0.1, -0.05) is 5.16 Å². The summed E-state index contributed by atoms with van der Waals surface area (Å²) in [5.41, 5.74) is 0.165. The lowest BCUT2D eigenvalue weighted by molar-refractivity contribution is 0.0593. The van der Waals surface area contributed by atoms with Crippen LogP contribution in [0.3, 0.4) is 0 Å². The van der Waals surface area contributed by atoms with E-state index in [1.54, 1.807) is 12.3 Å². The van der Waals surface area contributed by atoms with Gasteiger partial charge in [-0.2, -0.15) is 0 Å². The van der Waals surface area contributed by atoms with Crippen molar-refractivity contribution in [1.29, 1.82) is 0 Å². The Bertz CT molecular complexity index is 481. The Morgan fingerprint density at radius 1 is 1.47 bits per heavy atom. The maximum Gasteiger partial charge on any atom is 0.358 e. The number of anilines is 1. The third-order valence-corrected chi connectivity index (χ3v) is 1.98. The number of hydrogen-bond donors (Lipinski definition) is 1. The second-order valence-electron chi connectivity index (χ2n) is 3.11. The monoisotopic (exact) mass is 234 g/mol. The van der Waals surface area contributed by atoms with Crippen molar-refractivity contribution < 1.29 is 14.1 Å². The fourth-order valence-corrected chi connectivity index (χ4v) is 1.14. The van der Waals surface area contributed by atoms with Crippen LogP contribution in [-0.4, -0.2) is 28.2 Å². The van der Waals surface area contributed by atoms with E-state index in [9.17, 15) is 4.79 Å². The van der Waals surface area contributed by atoms with Crippen molar-refractivity contribution in [1.82, 2.24) is 15.1 Å². The molecule has 0 aliphatic heterocycles. The number of hydrogen-bond acceptors (Lipinski definition) is 7. The van der Waals surface area contributed by atoms with Crippen LogP contribution in [-0.2, 0) is 11.3 Å². The van der Waals surface area contributed by atoms with Gasteiger partial charge in [0.2, 0.25) is 0 Å². The van der Waals surface area contributed by atoms with Gasteiger partial charge in [-0.05, 0) is 0 Å². The Morgan fingerprint density at radius 3 is 2.94 bits per heavy atom. The molecule has 0 saturated heterocycles. The molecule has 0 radical (unpaired) electrons. The van der Waals surface area contributed by atoms with Gasteiger partial charge >= 0.3 is 5.97 Å². The van der Waals surface area contributed by atoms with E-state index in [0.29, 0.717) is 18.1 Å². The van der Waals surface area contributed by atoms with Crippen molar-refractivity contribution in [2.24, 2.45) is 0 Å². The highest BCUT2D eigenvalue weighted by Gasteiger charge is 2.07. The molecule has 88 valence electrons. The van der Waals surface area contributed by atoms with E-state index < -0.39 is 5.97 Å². The predicted octanol–water partition coefficient (Wildman–Crippen LogP) is 0.863. The zero-order valence-electron chi connectivity index (χ0n) is 9.08. The van der Waals surface area contributed by atoms with Crippen molar-refractivity contribution in [3.8, 4) is 0 Å². The fraction of sp³-hybridized carbons (Fsp3) is 0.200. The second kappa shape index (κ2) is 5.06. The first-order chi connectivity index (χ1) is 8.29. The van der Waals surface area contributed by atoms with Gasteiger partial charge in [0.1, 0.15) is 5.82 Å². The molecule has 17 heavy (non-hydrogen) atoms. The van der Waals surface area contributed by atoms with Gasteiger partial charge in [-0.3, -0.25) is 0 Å². The summed E-state index contributed by atoms with van der Waals surface area (Å²) in [6.07, 6.45) is 4.35. The van der Waals surface area contributed by atoms with Crippen LogP contribution in [0, 0.1) is 0 Å². The Hall–Kier alpha value is -2.44. The van der Waals surface area contributed by atoms with E-state index in [1.165, 1.54) is 19.5 Å². The summed E-state index contributed by atoms with van der Waals surface area (Å²) in [4.78, 5) is 19.0. The number of methoxy groups -OCH3 is 1. The third kappa shape index (κ3) is 2.77. The van der Waals surface area contributed by atoms with Crippen LogP contribution >= 0.6 is 0 Å². The first kappa shape index (κ1) is 11.1. The van der Waals surface area contributed by atoms with E-state index in [2.05, 4.69) is 25.2 Å². The number of nitrogens with zero attached hydrogens (tertiary/aromatic N) is 3. The van der Waals surface area contributed by atoms with Gasteiger partial charge in [0.15, 0.2) is 11.5 Å². The highest BCUT2D eigenvalue weighted by atomic mass is 16.5. The molecule has 0 aromatic carbocycles. The summed E-state index contributed by atoms with van der Waals surface area (Å²) >= 11 is 0. The van der Waals surface area contributed by atoms with E-state index in [1.807, 2.05) is 0 Å². The lowest BCUT2D eigenvalue weighted by Crippen LogP contribution is -2.07. The third-order valence-electron chi connectivity index (χ3n) is 1.98. The minimum Gasteiger partial charge on any atom is -0.464 e. The average Bonchev–Trinajstić information content (AvgIpc) is 2.89. The molecule has 7 heteroatoms. The smallest absolute Gasteiger partial charge is 0.358 e. The Morgan fingerprint density at radius 2 is 2.35 bits per heavy atom. The first-order valence-corrected chi connectivity index (χ1v) is 4.83. The molecule has 0 aliphatic carbocycles. The number of rotatable bonds is 4. The molecule has 0 amide bonds. The normalized spacial score (nSPS) is 9.94. The van der Waals surface area contributed by atoms with Gasteiger partial charge in [-0.25, -0.2) is 14.8 Å². The maximum absolute atomic E-state index is 11.1. The van der Waals surface area contributed by atoms with Crippen molar-refractivity contribution in [2.75, 3.05) is 12.4 Å². The Labute approximate surface area is 96.8 Å². The SMILES string of the molecule is COC(=O)c1cnc(NCc2ccno2)cn1. The minimum absolute atomic E-state index is 0.165. The number of esters is 1. The Kier molecular flexibility index (Phi) is 3.29. The second-order valence-corrected chi connectivity index (χ2v) is 3.11. The lowest BCUT2D eigenvalue weighted by atomic mass is 10.4. The molecule has 0 saturated carbocycles. The van der Waals surface area contributed by atoms with Crippen LogP contribution < -0.4 is 5.32 Å². The summed E-state index contributed by atoms with van der Waals surface area (Å²) < 4.78 is 9.41. The van der Waals surface area contributed by atoms with Crippen molar-refractivity contribution in [3.05, 3.63) is 36.1 Å². The molecule has 0 unspecified atom stereocenters. The summed E-state index contributed by atoms with van der Waals surface area (Å²) in [5.74, 6) is 0.706. The predicted molar refractivity (Wildman–Crippen MR) is 57.2 cm³/mol.